The number of rotatable bonds is 6. The van der Waals surface area contributed by atoms with Gasteiger partial charge in [-0.3, -0.25) is 9.59 Å². The molecule has 4 nitrogen and oxygen atoms in total. The minimum Gasteiger partial charge on any atom is -0.481 e. The van der Waals surface area contributed by atoms with E-state index < -0.39 is 5.97 Å². The Morgan fingerprint density at radius 3 is 2.69 bits per heavy atom. The minimum atomic E-state index is -0.874. The van der Waals surface area contributed by atoms with Gasteiger partial charge in [0.15, 0.2) is 0 Å². The number of hydrogen-bond donors (Lipinski definition) is 2. The van der Waals surface area contributed by atoms with Crippen molar-refractivity contribution in [2.45, 2.75) is 30.6 Å². The molecule has 0 bridgehead atoms. The van der Waals surface area contributed by atoms with Crippen molar-refractivity contribution in [2.24, 2.45) is 0 Å². The van der Waals surface area contributed by atoms with E-state index in [2.05, 4.69) is 11.6 Å². The fraction of sp³-hybridized carbons (Fsp3) is 0.800. The normalized spacial score (nSPS) is 24.3. The van der Waals surface area contributed by atoms with E-state index in [4.69, 9.17) is 5.11 Å². The quantitative estimate of drug-likeness (QED) is 0.754. The third-order valence-electron chi connectivity index (χ3n) is 2.54. The zero-order valence-corrected chi connectivity index (χ0v) is 10.9. The lowest BCUT2D eigenvalue weighted by Crippen LogP contribution is -2.34. The van der Waals surface area contributed by atoms with Crippen molar-refractivity contribution < 1.29 is 14.7 Å². The number of carboxylic acids is 1. The molecule has 0 aromatic heterocycles. The first-order valence-electron chi connectivity index (χ1n) is 5.23. The summed E-state index contributed by atoms with van der Waals surface area (Å²) in [6.45, 7) is 0. The second-order valence-electron chi connectivity index (χ2n) is 3.82. The van der Waals surface area contributed by atoms with E-state index in [9.17, 15) is 9.59 Å². The van der Waals surface area contributed by atoms with Crippen molar-refractivity contribution in [3.63, 3.8) is 0 Å². The molecule has 6 heteroatoms. The van der Waals surface area contributed by atoms with Gasteiger partial charge >= 0.3 is 5.97 Å². The average molecular weight is 263 g/mol. The molecule has 1 fully saturated rings. The average Bonchev–Trinajstić information content (AvgIpc) is 2.65. The standard InChI is InChI=1S/C10H17NO3S2/c1-15-8-3-2-7(4-8)11-9(12)5-16-6-10(13)14/h7-8H,2-6H2,1H3,(H,11,12)(H,13,14). The highest BCUT2D eigenvalue weighted by atomic mass is 32.2. The van der Waals surface area contributed by atoms with Gasteiger partial charge in [-0.2, -0.15) is 11.8 Å². The second-order valence-corrected chi connectivity index (χ2v) is 5.95. The molecule has 0 spiro atoms. The van der Waals surface area contributed by atoms with Crippen molar-refractivity contribution >= 4 is 35.4 Å². The lowest BCUT2D eigenvalue weighted by molar-refractivity contribution is -0.133. The van der Waals surface area contributed by atoms with E-state index in [-0.39, 0.29) is 23.5 Å². The third kappa shape index (κ3) is 5.12. The Balaban J connectivity index is 2.12. The van der Waals surface area contributed by atoms with Gasteiger partial charge in [0.2, 0.25) is 5.91 Å². The van der Waals surface area contributed by atoms with Gasteiger partial charge in [-0.15, -0.1) is 11.8 Å². The minimum absolute atomic E-state index is 0.00841. The largest absolute Gasteiger partial charge is 0.481 e. The van der Waals surface area contributed by atoms with Crippen molar-refractivity contribution in [2.75, 3.05) is 17.8 Å². The van der Waals surface area contributed by atoms with Gasteiger partial charge in [-0.05, 0) is 25.5 Å². The summed E-state index contributed by atoms with van der Waals surface area (Å²) >= 11 is 2.99. The molecule has 0 aromatic carbocycles. The van der Waals surface area contributed by atoms with E-state index in [1.54, 1.807) is 0 Å². The Labute approximate surface area is 104 Å². The molecule has 2 unspecified atom stereocenters. The number of carbonyl (C=O) groups excluding carboxylic acids is 1. The predicted octanol–water partition coefficient (Wildman–Crippen LogP) is 1.20. The van der Waals surface area contributed by atoms with E-state index in [1.807, 2.05) is 11.8 Å². The van der Waals surface area contributed by atoms with Crippen LogP contribution in [0.1, 0.15) is 19.3 Å². The lowest BCUT2D eigenvalue weighted by atomic mass is 10.2. The maximum absolute atomic E-state index is 11.4. The Morgan fingerprint density at radius 1 is 1.38 bits per heavy atom. The molecule has 1 aliphatic rings. The molecule has 1 amide bonds. The van der Waals surface area contributed by atoms with Crippen LogP contribution in [0.5, 0.6) is 0 Å². The molecule has 1 rings (SSSR count). The van der Waals surface area contributed by atoms with Gasteiger partial charge in [-0.1, -0.05) is 0 Å². The SMILES string of the molecule is CSC1CCC(NC(=O)CSCC(=O)O)C1. The first-order chi connectivity index (χ1) is 7.61. The van der Waals surface area contributed by atoms with Crippen LogP contribution in [0.2, 0.25) is 0 Å². The number of aliphatic carboxylic acids is 1. The number of thioether (sulfide) groups is 2. The highest BCUT2D eigenvalue weighted by Gasteiger charge is 2.24. The van der Waals surface area contributed by atoms with Crippen LogP contribution in [-0.2, 0) is 9.59 Å². The van der Waals surface area contributed by atoms with E-state index in [0.717, 1.165) is 31.0 Å². The van der Waals surface area contributed by atoms with E-state index >= 15 is 0 Å². The molecule has 92 valence electrons. The topological polar surface area (TPSA) is 66.4 Å². The van der Waals surface area contributed by atoms with Gasteiger partial charge in [0.1, 0.15) is 0 Å². The first-order valence-corrected chi connectivity index (χ1v) is 7.67. The fourth-order valence-electron chi connectivity index (χ4n) is 1.79. The number of carboxylic acid groups (broad SMARTS) is 1. The monoisotopic (exact) mass is 263 g/mol. The van der Waals surface area contributed by atoms with Gasteiger partial charge in [0.25, 0.3) is 0 Å². The maximum Gasteiger partial charge on any atom is 0.313 e. The number of amides is 1. The molecular weight excluding hydrogens is 246 g/mol. The Hall–Kier alpha value is -0.360. The third-order valence-corrected chi connectivity index (χ3v) is 4.55. The van der Waals surface area contributed by atoms with Crippen molar-refractivity contribution in [3.8, 4) is 0 Å². The van der Waals surface area contributed by atoms with Crippen LogP contribution < -0.4 is 5.32 Å². The molecule has 2 atom stereocenters. The molecule has 0 aliphatic heterocycles. The highest BCUT2D eigenvalue weighted by molar-refractivity contribution is 8.00. The van der Waals surface area contributed by atoms with E-state index in [1.165, 1.54) is 0 Å². The smallest absolute Gasteiger partial charge is 0.313 e. The summed E-state index contributed by atoms with van der Waals surface area (Å²) in [7, 11) is 0. The summed E-state index contributed by atoms with van der Waals surface area (Å²) in [6, 6.07) is 0.287. The summed E-state index contributed by atoms with van der Waals surface area (Å²) in [6.07, 6.45) is 5.34. The Bertz CT molecular complexity index is 260. The maximum atomic E-state index is 11.4. The molecule has 2 N–H and O–H groups in total. The van der Waals surface area contributed by atoms with Crippen molar-refractivity contribution in [1.29, 1.82) is 0 Å². The zero-order chi connectivity index (χ0) is 12.0. The van der Waals surface area contributed by atoms with Crippen LogP contribution in [0.25, 0.3) is 0 Å². The molecule has 0 saturated heterocycles. The molecule has 0 aromatic rings. The Kier molecular flexibility index (Phi) is 6.05. The first kappa shape index (κ1) is 13.7. The number of carbonyl (C=O) groups is 2. The summed E-state index contributed by atoms with van der Waals surface area (Å²) in [5.74, 6) is -0.683. The molecular formula is C10H17NO3S2. The summed E-state index contributed by atoms with van der Waals surface area (Å²) < 4.78 is 0. The fourth-order valence-corrected chi connectivity index (χ4v) is 3.13. The molecule has 0 heterocycles. The molecule has 1 aliphatic carbocycles. The number of nitrogens with one attached hydrogen (secondary N) is 1. The summed E-state index contributed by atoms with van der Waals surface area (Å²) in [5.41, 5.74) is 0. The van der Waals surface area contributed by atoms with Crippen molar-refractivity contribution in [3.05, 3.63) is 0 Å². The van der Waals surface area contributed by atoms with Crippen LogP contribution in [0.3, 0.4) is 0 Å². The van der Waals surface area contributed by atoms with Gasteiger partial charge in [0.05, 0.1) is 11.5 Å². The van der Waals surface area contributed by atoms with Crippen LogP contribution >= 0.6 is 23.5 Å². The van der Waals surface area contributed by atoms with Crippen LogP contribution in [0.4, 0.5) is 0 Å². The van der Waals surface area contributed by atoms with Gasteiger partial charge in [0, 0.05) is 11.3 Å². The second kappa shape index (κ2) is 7.06. The summed E-state index contributed by atoms with van der Waals surface area (Å²) in [5, 5.41) is 12.0. The zero-order valence-electron chi connectivity index (χ0n) is 9.27. The van der Waals surface area contributed by atoms with Gasteiger partial charge < -0.3 is 10.4 Å². The molecule has 1 saturated carbocycles. The predicted molar refractivity (Wildman–Crippen MR) is 68.0 cm³/mol. The van der Waals surface area contributed by atoms with Gasteiger partial charge in [-0.25, -0.2) is 0 Å². The molecule has 16 heavy (non-hydrogen) atoms. The summed E-state index contributed by atoms with van der Waals surface area (Å²) in [4.78, 5) is 21.7. The lowest BCUT2D eigenvalue weighted by Gasteiger charge is -2.12. The Morgan fingerprint density at radius 2 is 2.12 bits per heavy atom. The highest BCUT2D eigenvalue weighted by Crippen LogP contribution is 2.28. The molecule has 0 radical (unpaired) electrons. The van der Waals surface area contributed by atoms with Crippen LogP contribution in [-0.4, -0.2) is 46.0 Å². The van der Waals surface area contributed by atoms with Crippen LogP contribution in [0.15, 0.2) is 0 Å². The van der Waals surface area contributed by atoms with Crippen molar-refractivity contribution in [1.82, 2.24) is 5.32 Å². The number of hydrogen-bond acceptors (Lipinski definition) is 4. The van der Waals surface area contributed by atoms with Crippen LogP contribution in [0, 0.1) is 0 Å². The van der Waals surface area contributed by atoms with E-state index in [0.29, 0.717) is 5.25 Å².